The fourth-order valence-electron chi connectivity index (χ4n) is 2.43. The van der Waals surface area contributed by atoms with Gasteiger partial charge in [-0.05, 0) is 46.0 Å². The molecule has 0 aliphatic rings. The number of nitrogens with zero attached hydrogens (tertiary/aromatic N) is 2. The van der Waals surface area contributed by atoms with Gasteiger partial charge in [0.05, 0.1) is 18.1 Å². The molecule has 0 spiro atoms. The largest absolute Gasteiger partial charge is 0.497 e. The Kier molecular flexibility index (Phi) is 4.43. The first-order chi connectivity index (χ1) is 9.17. The molecular weight excluding hydrogens is 238 g/mol. The standard InChI is InChI=1S/C15H23N3O/c1-11(2)18-14-8-7-12(19-4)10-13(14)17-15(18)6-5-9-16-3/h7-8,10-11,16H,5-6,9H2,1-4H3. The molecule has 0 unspecified atom stereocenters. The molecule has 0 aliphatic carbocycles. The van der Waals surface area contributed by atoms with Gasteiger partial charge in [0.2, 0.25) is 0 Å². The van der Waals surface area contributed by atoms with Crippen LogP contribution >= 0.6 is 0 Å². The van der Waals surface area contributed by atoms with E-state index < -0.39 is 0 Å². The van der Waals surface area contributed by atoms with E-state index in [1.807, 2.05) is 19.2 Å². The highest BCUT2D eigenvalue weighted by atomic mass is 16.5. The second-order valence-electron chi connectivity index (χ2n) is 5.05. The Balaban J connectivity index is 2.40. The summed E-state index contributed by atoms with van der Waals surface area (Å²) >= 11 is 0. The molecule has 0 bridgehead atoms. The third-order valence-corrected chi connectivity index (χ3v) is 3.31. The highest BCUT2D eigenvalue weighted by molar-refractivity contribution is 5.78. The second-order valence-corrected chi connectivity index (χ2v) is 5.05. The fourth-order valence-corrected chi connectivity index (χ4v) is 2.43. The van der Waals surface area contributed by atoms with Gasteiger partial charge in [-0.3, -0.25) is 0 Å². The molecular formula is C15H23N3O. The lowest BCUT2D eigenvalue weighted by atomic mass is 10.2. The van der Waals surface area contributed by atoms with Crippen LogP contribution < -0.4 is 10.1 Å². The summed E-state index contributed by atoms with van der Waals surface area (Å²) < 4.78 is 7.60. The van der Waals surface area contributed by atoms with Gasteiger partial charge >= 0.3 is 0 Å². The van der Waals surface area contributed by atoms with Crippen LogP contribution in [0.1, 0.15) is 32.1 Å². The first kappa shape index (κ1) is 13.9. The Morgan fingerprint density at radius 3 is 2.79 bits per heavy atom. The van der Waals surface area contributed by atoms with Crippen LogP contribution in [-0.4, -0.2) is 30.3 Å². The molecule has 0 saturated carbocycles. The molecule has 0 saturated heterocycles. The normalized spacial score (nSPS) is 11.4. The van der Waals surface area contributed by atoms with Gasteiger partial charge < -0.3 is 14.6 Å². The minimum Gasteiger partial charge on any atom is -0.497 e. The van der Waals surface area contributed by atoms with Gasteiger partial charge in [0, 0.05) is 18.5 Å². The summed E-state index contributed by atoms with van der Waals surface area (Å²) in [5, 5.41) is 3.18. The molecule has 0 amide bonds. The minimum absolute atomic E-state index is 0.419. The summed E-state index contributed by atoms with van der Waals surface area (Å²) in [5.41, 5.74) is 2.21. The summed E-state index contributed by atoms with van der Waals surface area (Å²) in [6, 6.07) is 6.53. The summed E-state index contributed by atoms with van der Waals surface area (Å²) in [4.78, 5) is 4.77. The van der Waals surface area contributed by atoms with Crippen molar-refractivity contribution in [2.45, 2.75) is 32.7 Å². The van der Waals surface area contributed by atoms with E-state index in [0.29, 0.717) is 6.04 Å². The van der Waals surface area contributed by atoms with E-state index in [4.69, 9.17) is 9.72 Å². The number of hydrogen-bond acceptors (Lipinski definition) is 3. The lowest BCUT2D eigenvalue weighted by molar-refractivity contribution is 0.415. The lowest BCUT2D eigenvalue weighted by Crippen LogP contribution is -2.11. The van der Waals surface area contributed by atoms with Crippen LogP contribution in [0.2, 0.25) is 0 Å². The molecule has 0 aliphatic heterocycles. The van der Waals surface area contributed by atoms with E-state index in [1.54, 1.807) is 7.11 Å². The molecule has 4 nitrogen and oxygen atoms in total. The van der Waals surface area contributed by atoms with Gasteiger partial charge in [-0.25, -0.2) is 4.98 Å². The van der Waals surface area contributed by atoms with Crippen molar-refractivity contribution >= 4 is 11.0 Å². The smallest absolute Gasteiger partial charge is 0.121 e. The summed E-state index contributed by atoms with van der Waals surface area (Å²) in [5.74, 6) is 2.02. The molecule has 0 radical (unpaired) electrons. The second kappa shape index (κ2) is 6.06. The van der Waals surface area contributed by atoms with Crippen LogP contribution in [0.3, 0.4) is 0 Å². The lowest BCUT2D eigenvalue weighted by Gasteiger charge is -2.13. The van der Waals surface area contributed by atoms with Crippen LogP contribution in [0.5, 0.6) is 5.75 Å². The predicted molar refractivity (Wildman–Crippen MR) is 78.9 cm³/mol. The molecule has 104 valence electrons. The van der Waals surface area contributed by atoms with Crippen LogP contribution in [0.4, 0.5) is 0 Å². The van der Waals surface area contributed by atoms with Crippen molar-refractivity contribution in [3.8, 4) is 5.75 Å². The first-order valence-electron chi connectivity index (χ1n) is 6.86. The molecule has 4 heteroatoms. The van der Waals surface area contributed by atoms with Crippen LogP contribution in [0, 0.1) is 0 Å². The average Bonchev–Trinajstić information content (AvgIpc) is 2.76. The summed E-state index contributed by atoms with van der Waals surface area (Å²) in [6.45, 7) is 5.42. The molecule has 1 heterocycles. The minimum atomic E-state index is 0.419. The Morgan fingerprint density at radius 2 is 2.16 bits per heavy atom. The average molecular weight is 261 g/mol. The molecule has 1 aromatic carbocycles. The van der Waals surface area contributed by atoms with Crippen molar-refractivity contribution in [2.75, 3.05) is 20.7 Å². The Hall–Kier alpha value is -1.55. The number of fused-ring (bicyclic) bond motifs is 1. The van der Waals surface area contributed by atoms with Gasteiger partial charge in [-0.2, -0.15) is 0 Å². The third kappa shape index (κ3) is 2.89. The van der Waals surface area contributed by atoms with Crippen LogP contribution in [-0.2, 0) is 6.42 Å². The first-order valence-corrected chi connectivity index (χ1v) is 6.86. The van der Waals surface area contributed by atoms with Crippen molar-refractivity contribution in [3.05, 3.63) is 24.0 Å². The quantitative estimate of drug-likeness (QED) is 0.813. The number of hydrogen-bond donors (Lipinski definition) is 1. The molecule has 19 heavy (non-hydrogen) atoms. The maximum atomic E-state index is 5.27. The highest BCUT2D eigenvalue weighted by Crippen LogP contribution is 2.25. The van der Waals surface area contributed by atoms with Gasteiger partial charge in [0.25, 0.3) is 0 Å². The monoisotopic (exact) mass is 261 g/mol. The van der Waals surface area contributed by atoms with Crippen molar-refractivity contribution in [1.82, 2.24) is 14.9 Å². The topological polar surface area (TPSA) is 39.1 Å². The molecule has 0 fully saturated rings. The van der Waals surface area contributed by atoms with Gasteiger partial charge in [0.15, 0.2) is 0 Å². The number of benzene rings is 1. The Bertz CT molecular complexity index is 546. The van der Waals surface area contributed by atoms with Crippen molar-refractivity contribution in [2.24, 2.45) is 0 Å². The number of imidazole rings is 1. The van der Waals surface area contributed by atoms with E-state index in [0.717, 1.165) is 36.5 Å². The van der Waals surface area contributed by atoms with E-state index in [9.17, 15) is 0 Å². The van der Waals surface area contributed by atoms with Crippen LogP contribution in [0.15, 0.2) is 18.2 Å². The zero-order valence-corrected chi connectivity index (χ0v) is 12.2. The Labute approximate surface area is 114 Å². The molecule has 2 aromatic rings. The SMILES string of the molecule is CNCCCc1nc2cc(OC)ccc2n1C(C)C. The van der Waals surface area contributed by atoms with Gasteiger partial charge in [0.1, 0.15) is 11.6 Å². The van der Waals surface area contributed by atoms with Gasteiger partial charge in [-0.1, -0.05) is 0 Å². The predicted octanol–water partition coefficient (Wildman–Crippen LogP) is 2.78. The zero-order valence-electron chi connectivity index (χ0n) is 12.2. The number of aromatic nitrogens is 2. The number of ether oxygens (including phenoxy) is 1. The maximum absolute atomic E-state index is 5.27. The highest BCUT2D eigenvalue weighted by Gasteiger charge is 2.13. The number of rotatable bonds is 6. The van der Waals surface area contributed by atoms with Crippen LogP contribution in [0.25, 0.3) is 11.0 Å². The van der Waals surface area contributed by atoms with Crippen molar-refractivity contribution in [3.63, 3.8) is 0 Å². The Morgan fingerprint density at radius 1 is 1.37 bits per heavy atom. The number of methoxy groups -OCH3 is 1. The van der Waals surface area contributed by atoms with E-state index in [2.05, 4.69) is 29.8 Å². The molecule has 1 aromatic heterocycles. The molecule has 1 N–H and O–H groups in total. The van der Waals surface area contributed by atoms with Crippen molar-refractivity contribution < 1.29 is 4.74 Å². The van der Waals surface area contributed by atoms with Crippen molar-refractivity contribution in [1.29, 1.82) is 0 Å². The zero-order chi connectivity index (χ0) is 13.8. The van der Waals surface area contributed by atoms with Gasteiger partial charge in [-0.15, -0.1) is 0 Å². The number of nitrogens with one attached hydrogen (secondary N) is 1. The summed E-state index contributed by atoms with van der Waals surface area (Å²) in [6.07, 6.45) is 2.10. The van der Waals surface area contributed by atoms with E-state index >= 15 is 0 Å². The molecule has 0 atom stereocenters. The van der Waals surface area contributed by atoms with E-state index in [1.165, 1.54) is 5.52 Å². The summed E-state index contributed by atoms with van der Waals surface area (Å²) in [7, 11) is 3.67. The van der Waals surface area contributed by atoms with E-state index in [-0.39, 0.29) is 0 Å². The maximum Gasteiger partial charge on any atom is 0.121 e. The fraction of sp³-hybridized carbons (Fsp3) is 0.533. The molecule has 2 rings (SSSR count). The number of aryl methyl sites for hydroxylation is 1. The third-order valence-electron chi connectivity index (χ3n) is 3.31.